The summed E-state index contributed by atoms with van der Waals surface area (Å²) in [7, 11) is 0. The number of carbonyl (C=O) groups excluding carboxylic acids is 1. The fourth-order valence-corrected chi connectivity index (χ4v) is 3.60. The number of aliphatic hydroxyl groups is 1. The summed E-state index contributed by atoms with van der Waals surface area (Å²) < 4.78 is 5.09. The van der Waals surface area contributed by atoms with E-state index in [2.05, 4.69) is 5.32 Å². The second kappa shape index (κ2) is 7.40. The molecule has 0 saturated heterocycles. The number of amides is 1. The van der Waals surface area contributed by atoms with Gasteiger partial charge in [-0.1, -0.05) is 23.2 Å². The van der Waals surface area contributed by atoms with Crippen molar-refractivity contribution in [1.29, 1.82) is 0 Å². The lowest BCUT2D eigenvalue weighted by atomic mass is 10.2. The number of hydrogen-bond acceptors (Lipinski definition) is 4. The van der Waals surface area contributed by atoms with E-state index in [4.69, 9.17) is 27.6 Å². The lowest BCUT2D eigenvalue weighted by Gasteiger charge is -2.08. The third-order valence-corrected chi connectivity index (χ3v) is 4.87. The molecule has 124 valence electrons. The normalized spacial score (nSPS) is 12.1. The Balaban J connectivity index is 1.67. The summed E-state index contributed by atoms with van der Waals surface area (Å²) in [5, 5.41) is 13.7. The third-order valence-electron chi connectivity index (χ3n) is 3.30. The van der Waals surface area contributed by atoms with Crippen LogP contribution in [0, 0.1) is 0 Å². The maximum absolute atomic E-state index is 12.2. The molecule has 2 N–H and O–H groups in total. The van der Waals surface area contributed by atoms with Gasteiger partial charge < -0.3 is 14.8 Å². The van der Waals surface area contributed by atoms with Crippen molar-refractivity contribution < 1.29 is 14.3 Å². The van der Waals surface area contributed by atoms with Crippen LogP contribution in [0.3, 0.4) is 0 Å². The van der Waals surface area contributed by atoms with Crippen LogP contribution in [0.2, 0.25) is 10.0 Å². The molecule has 0 aliphatic carbocycles. The van der Waals surface area contributed by atoms with Gasteiger partial charge in [0.2, 0.25) is 0 Å². The van der Waals surface area contributed by atoms with Crippen LogP contribution in [0.1, 0.15) is 21.5 Å². The van der Waals surface area contributed by atoms with Crippen LogP contribution in [-0.4, -0.2) is 17.6 Å². The van der Waals surface area contributed by atoms with Crippen molar-refractivity contribution in [3.05, 3.63) is 69.4 Å². The van der Waals surface area contributed by atoms with Crippen molar-refractivity contribution in [2.24, 2.45) is 0 Å². The molecular formula is C17H13Cl2NO3S. The Labute approximate surface area is 152 Å². The van der Waals surface area contributed by atoms with Gasteiger partial charge in [-0.25, -0.2) is 0 Å². The lowest BCUT2D eigenvalue weighted by Crippen LogP contribution is -2.27. The van der Waals surface area contributed by atoms with E-state index in [0.29, 0.717) is 20.7 Å². The van der Waals surface area contributed by atoms with Crippen LogP contribution < -0.4 is 5.32 Å². The van der Waals surface area contributed by atoms with Crippen LogP contribution in [0.15, 0.2) is 53.1 Å². The molecule has 1 aromatic carbocycles. The van der Waals surface area contributed by atoms with E-state index in [1.54, 1.807) is 36.4 Å². The van der Waals surface area contributed by atoms with E-state index in [1.165, 1.54) is 17.6 Å². The van der Waals surface area contributed by atoms with Gasteiger partial charge in [0.25, 0.3) is 5.91 Å². The summed E-state index contributed by atoms with van der Waals surface area (Å²) >= 11 is 13.3. The Morgan fingerprint density at radius 1 is 1.21 bits per heavy atom. The topological polar surface area (TPSA) is 62.5 Å². The number of thiophene rings is 1. The predicted octanol–water partition coefficient (Wildman–Crippen LogP) is 4.78. The highest BCUT2D eigenvalue weighted by Gasteiger charge is 2.15. The van der Waals surface area contributed by atoms with Crippen LogP contribution >= 0.6 is 34.5 Å². The summed E-state index contributed by atoms with van der Waals surface area (Å²) in [5.74, 6) is 0.153. The van der Waals surface area contributed by atoms with Gasteiger partial charge in [-0.2, -0.15) is 0 Å². The van der Waals surface area contributed by atoms with Gasteiger partial charge in [-0.3, -0.25) is 4.79 Å². The Kier molecular flexibility index (Phi) is 5.26. The summed E-state index contributed by atoms with van der Waals surface area (Å²) in [6, 6.07) is 12.1. The Morgan fingerprint density at radius 2 is 1.96 bits per heavy atom. The average molecular weight is 382 g/mol. The first-order valence-corrected chi connectivity index (χ1v) is 8.66. The molecule has 1 amide bonds. The van der Waals surface area contributed by atoms with Gasteiger partial charge >= 0.3 is 0 Å². The first-order chi connectivity index (χ1) is 11.5. The number of carbonyl (C=O) groups is 1. The minimum atomic E-state index is -0.880. The van der Waals surface area contributed by atoms with Gasteiger partial charge in [0, 0.05) is 14.9 Å². The molecule has 0 bridgehead atoms. The number of halogens is 2. The standard InChI is InChI=1S/C17H13Cl2NO3S/c18-11-6-10(7-12(19)8-11)15-3-4-16(24-15)17(22)20-9-13(21)14-2-1-5-23-14/h1-8,13,21H,9H2,(H,20,22). The van der Waals surface area contributed by atoms with Gasteiger partial charge in [-0.15, -0.1) is 11.3 Å². The summed E-state index contributed by atoms with van der Waals surface area (Å²) in [6.07, 6.45) is 0.595. The fourth-order valence-electron chi connectivity index (χ4n) is 2.17. The second-order valence-electron chi connectivity index (χ2n) is 5.06. The van der Waals surface area contributed by atoms with E-state index < -0.39 is 6.10 Å². The van der Waals surface area contributed by atoms with E-state index in [9.17, 15) is 9.90 Å². The average Bonchev–Trinajstić information content (AvgIpc) is 3.22. The molecule has 1 unspecified atom stereocenters. The van der Waals surface area contributed by atoms with Gasteiger partial charge in [-0.05, 0) is 48.0 Å². The van der Waals surface area contributed by atoms with Crippen molar-refractivity contribution >= 4 is 40.4 Å². The summed E-state index contributed by atoms with van der Waals surface area (Å²) in [6.45, 7) is 0.0720. The van der Waals surface area contributed by atoms with Crippen molar-refractivity contribution in [1.82, 2.24) is 5.32 Å². The fraction of sp³-hybridized carbons (Fsp3) is 0.118. The summed E-state index contributed by atoms with van der Waals surface area (Å²) in [4.78, 5) is 13.6. The maximum atomic E-state index is 12.2. The molecule has 0 fully saturated rings. The second-order valence-corrected chi connectivity index (χ2v) is 7.02. The monoisotopic (exact) mass is 381 g/mol. The highest BCUT2D eigenvalue weighted by Crippen LogP contribution is 2.32. The minimum absolute atomic E-state index is 0.0720. The molecule has 3 rings (SSSR count). The first kappa shape index (κ1) is 17.0. The molecule has 7 heteroatoms. The third kappa shape index (κ3) is 3.99. The zero-order chi connectivity index (χ0) is 17.1. The first-order valence-electron chi connectivity index (χ1n) is 7.09. The lowest BCUT2D eigenvalue weighted by molar-refractivity contribution is 0.0905. The van der Waals surface area contributed by atoms with E-state index >= 15 is 0 Å². The number of furan rings is 1. The molecule has 2 aromatic heterocycles. The minimum Gasteiger partial charge on any atom is -0.467 e. The SMILES string of the molecule is O=C(NCC(O)c1ccco1)c1ccc(-c2cc(Cl)cc(Cl)c2)s1. The van der Waals surface area contributed by atoms with Crippen molar-refractivity contribution in [3.8, 4) is 10.4 Å². The van der Waals surface area contributed by atoms with Gasteiger partial charge in [0.15, 0.2) is 0 Å². The molecule has 4 nitrogen and oxygen atoms in total. The molecule has 2 heterocycles. The number of hydrogen-bond donors (Lipinski definition) is 2. The van der Waals surface area contributed by atoms with Crippen molar-refractivity contribution in [2.45, 2.75) is 6.10 Å². The van der Waals surface area contributed by atoms with Crippen molar-refractivity contribution in [2.75, 3.05) is 6.54 Å². The molecule has 0 radical (unpaired) electrons. The molecular weight excluding hydrogens is 369 g/mol. The van der Waals surface area contributed by atoms with E-state index in [0.717, 1.165) is 10.4 Å². The molecule has 0 spiro atoms. The summed E-state index contributed by atoms with van der Waals surface area (Å²) in [5.41, 5.74) is 0.854. The van der Waals surface area contributed by atoms with E-state index in [-0.39, 0.29) is 12.5 Å². The van der Waals surface area contributed by atoms with Crippen LogP contribution in [0.5, 0.6) is 0 Å². The van der Waals surface area contributed by atoms with E-state index in [1.807, 2.05) is 6.07 Å². The Bertz CT molecular complexity index is 825. The molecule has 24 heavy (non-hydrogen) atoms. The number of aliphatic hydroxyl groups excluding tert-OH is 1. The highest BCUT2D eigenvalue weighted by atomic mass is 35.5. The van der Waals surface area contributed by atoms with Crippen molar-refractivity contribution in [3.63, 3.8) is 0 Å². The number of benzene rings is 1. The van der Waals surface area contributed by atoms with Crippen LogP contribution in [0.4, 0.5) is 0 Å². The van der Waals surface area contributed by atoms with Crippen LogP contribution in [0.25, 0.3) is 10.4 Å². The smallest absolute Gasteiger partial charge is 0.261 e. The zero-order valence-corrected chi connectivity index (χ0v) is 14.7. The van der Waals surface area contributed by atoms with Crippen LogP contribution in [-0.2, 0) is 0 Å². The largest absolute Gasteiger partial charge is 0.467 e. The maximum Gasteiger partial charge on any atom is 0.261 e. The molecule has 0 aliphatic heterocycles. The number of nitrogens with one attached hydrogen (secondary N) is 1. The number of rotatable bonds is 5. The molecule has 3 aromatic rings. The Morgan fingerprint density at radius 3 is 2.62 bits per heavy atom. The van der Waals surface area contributed by atoms with Gasteiger partial charge in [0.1, 0.15) is 11.9 Å². The zero-order valence-electron chi connectivity index (χ0n) is 12.3. The predicted molar refractivity (Wildman–Crippen MR) is 95.8 cm³/mol. The molecule has 0 aliphatic rings. The quantitative estimate of drug-likeness (QED) is 0.668. The molecule has 1 atom stereocenters. The molecule has 0 saturated carbocycles. The Hall–Kier alpha value is -1.79. The highest BCUT2D eigenvalue weighted by molar-refractivity contribution is 7.17. The van der Waals surface area contributed by atoms with Gasteiger partial charge in [0.05, 0.1) is 17.7 Å².